The molecule has 0 radical (unpaired) electrons. The summed E-state index contributed by atoms with van der Waals surface area (Å²) in [7, 11) is -3.50. The van der Waals surface area contributed by atoms with Crippen LogP contribution < -0.4 is 10.5 Å². The smallest absolute Gasteiger partial charge is 0.240 e. The van der Waals surface area contributed by atoms with Gasteiger partial charge in [-0.1, -0.05) is 26.0 Å². The lowest BCUT2D eigenvalue weighted by molar-refractivity contribution is -0.125. The predicted molar refractivity (Wildman–Crippen MR) is 112 cm³/mol. The zero-order valence-electron chi connectivity index (χ0n) is 17.4. The molecule has 6 N–H and O–H groups in total. The van der Waals surface area contributed by atoms with Crippen molar-refractivity contribution in [1.29, 1.82) is 0 Å². The van der Waals surface area contributed by atoms with Gasteiger partial charge in [-0.3, -0.25) is 9.69 Å². The van der Waals surface area contributed by atoms with E-state index in [1.807, 2.05) is 0 Å². The van der Waals surface area contributed by atoms with E-state index in [0.717, 1.165) is 5.56 Å². The van der Waals surface area contributed by atoms with Gasteiger partial charge in [0.2, 0.25) is 15.9 Å². The summed E-state index contributed by atoms with van der Waals surface area (Å²) < 4.78 is 26.5. The third-order valence-corrected chi connectivity index (χ3v) is 7.32. The summed E-state index contributed by atoms with van der Waals surface area (Å²) in [5.74, 6) is -1.18. The molecule has 1 aliphatic heterocycles. The predicted octanol–water partition coefficient (Wildman–Crippen LogP) is -0.804. The normalized spacial score (nSPS) is 26.0. The van der Waals surface area contributed by atoms with Crippen molar-refractivity contribution in [1.82, 2.24) is 9.62 Å². The molecular weight excluding hydrogens is 410 g/mol. The van der Waals surface area contributed by atoms with Crippen molar-refractivity contribution < 1.29 is 28.5 Å². The van der Waals surface area contributed by atoms with E-state index in [1.165, 1.54) is 0 Å². The van der Waals surface area contributed by atoms with Crippen molar-refractivity contribution >= 4 is 15.9 Å². The summed E-state index contributed by atoms with van der Waals surface area (Å²) in [5, 5.41) is 30.5. The number of aliphatic hydroxyl groups is 3. The highest BCUT2D eigenvalue weighted by atomic mass is 32.2. The molecule has 1 fully saturated rings. The van der Waals surface area contributed by atoms with E-state index in [0.29, 0.717) is 32.4 Å². The fraction of sp³-hybridized carbons (Fsp3) is 0.650. The molecule has 9 nitrogen and oxygen atoms in total. The van der Waals surface area contributed by atoms with Crippen LogP contribution in [0.1, 0.15) is 32.3 Å². The first-order chi connectivity index (χ1) is 14.2. The van der Waals surface area contributed by atoms with Crippen LogP contribution in [0, 0.1) is 5.92 Å². The molecule has 1 aromatic carbocycles. The van der Waals surface area contributed by atoms with Crippen molar-refractivity contribution in [3.05, 3.63) is 29.8 Å². The van der Waals surface area contributed by atoms with Crippen LogP contribution in [0.4, 0.5) is 0 Å². The Morgan fingerprint density at radius 2 is 1.83 bits per heavy atom. The molecule has 30 heavy (non-hydrogen) atoms. The average Bonchev–Trinajstić information content (AvgIpc) is 2.93. The van der Waals surface area contributed by atoms with Gasteiger partial charge in [-0.25, -0.2) is 13.1 Å². The van der Waals surface area contributed by atoms with Crippen molar-refractivity contribution in [2.45, 2.75) is 62.3 Å². The minimum absolute atomic E-state index is 0.201. The number of hydrogen-bond acceptors (Lipinski definition) is 7. The van der Waals surface area contributed by atoms with Gasteiger partial charge in [-0.05, 0) is 43.5 Å². The van der Waals surface area contributed by atoms with Gasteiger partial charge in [0.05, 0.1) is 41.7 Å². The third kappa shape index (κ3) is 5.37. The Morgan fingerprint density at radius 3 is 2.33 bits per heavy atom. The summed E-state index contributed by atoms with van der Waals surface area (Å²) in [6, 6.07) is 5.26. The van der Waals surface area contributed by atoms with E-state index >= 15 is 0 Å². The Labute approximate surface area is 177 Å². The first kappa shape index (κ1) is 24.7. The number of carbonyl (C=O) groups excluding carboxylic acids is 1. The maximum Gasteiger partial charge on any atom is 0.240 e. The number of sulfonamides is 1. The quantitative estimate of drug-likeness (QED) is 0.300. The molecule has 0 saturated carbocycles. The highest BCUT2D eigenvalue weighted by molar-refractivity contribution is 7.89. The number of rotatable bonds is 11. The summed E-state index contributed by atoms with van der Waals surface area (Å²) >= 11 is 0. The second-order valence-corrected chi connectivity index (χ2v) is 9.39. The molecule has 0 bridgehead atoms. The van der Waals surface area contributed by atoms with Gasteiger partial charge in [0.25, 0.3) is 0 Å². The SMILES string of the molecule is CCNS(=O)(=O)c1ccc(CCCN2C(CO)C(O)C(O)C2C(CC)C(N)=O)cc1. The lowest BCUT2D eigenvalue weighted by atomic mass is 9.91. The van der Waals surface area contributed by atoms with Crippen molar-refractivity contribution in [2.75, 3.05) is 19.7 Å². The number of carbonyl (C=O) groups is 1. The van der Waals surface area contributed by atoms with Gasteiger partial charge in [0.15, 0.2) is 0 Å². The number of aliphatic hydroxyl groups excluding tert-OH is 3. The fourth-order valence-corrected chi connectivity index (χ4v) is 5.27. The number of benzene rings is 1. The minimum Gasteiger partial charge on any atom is -0.395 e. The molecule has 1 aromatic rings. The van der Waals surface area contributed by atoms with Gasteiger partial charge in [-0.15, -0.1) is 0 Å². The van der Waals surface area contributed by atoms with Crippen LogP contribution >= 0.6 is 0 Å². The Bertz CT molecular complexity index is 801. The second-order valence-electron chi connectivity index (χ2n) is 7.63. The molecule has 170 valence electrons. The van der Waals surface area contributed by atoms with E-state index in [9.17, 15) is 28.5 Å². The van der Waals surface area contributed by atoms with Crippen molar-refractivity contribution in [3.8, 4) is 0 Å². The van der Waals surface area contributed by atoms with Gasteiger partial charge in [0, 0.05) is 6.54 Å². The topological polar surface area (TPSA) is 153 Å². The van der Waals surface area contributed by atoms with Gasteiger partial charge in [-0.2, -0.15) is 0 Å². The number of hydrogen-bond donors (Lipinski definition) is 5. The van der Waals surface area contributed by atoms with Crippen LogP contribution in [-0.4, -0.2) is 78.5 Å². The van der Waals surface area contributed by atoms with Crippen LogP contribution in [0.5, 0.6) is 0 Å². The van der Waals surface area contributed by atoms with Crippen LogP contribution in [0.15, 0.2) is 29.2 Å². The largest absolute Gasteiger partial charge is 0.395 e. The van der Waals surface area contributed by atoms with Gasteiger partial charge < -0.3 is 21.1 Å². The zero-order chi connectivity index (χ0) is 22.5. The maximum atomic E-state index is 12.0. The highest BCUT2D eigenvalue weighted by Crippen LogP contribution is 2.32. The first-order valence-electron chi connectivity index (χ1n) is 10.3. The van der Waals surface area contributed by atoms with Crippen LogP contribution in [0.2, 0.25) is 0 Å². The van der Waals surface area contributed by atoms with E-state index in [4.69, 9.17) is 5.73 Å². The van der Waals surface area contributed by atoms with E-state index in [1.54, 1.807) is 43.0 Å². The van der Waals surface area contributed by atoms with Crippen LogP contribution in [0.3, 0.4) is 0 Å². The molecule has 10 heteroatoms. The maximum absolute atomic E-state index is 12.0. The Hall–Kier alpha value is -1.56. The zero-order valence-corrected chi connectivity index (χ0v) is 18.3. The molecule has 5 unspecified atom stereocenters. The third-order valence-electron chi connectivity index (χ3n) is 5.76. The lowest BCUT2D eigenvalue weighted by Gasteiger charge is -2.33. The summed E-state index contributed by atoms with van der Waals surface area (Å²) in [4.78, 5) is 13.8. The van der Waals surface area contributed by atoms with Gasteiger partial charge >= 0.3 is 0 Å². The summed E-state index contributed by atoms with van der Waals surface area (Å²) in [5.41, 5.74) is 6.43. The molecule has 5 atom stereocenters. The highest BCUT2D eigenvalue weighted by Gasteiger charge is 2.50. The molecule has 1 heterocycles. The summed E-state index contributed by atoms with van der Waals surface area (Å²) in [6.07, 6.45) is -0.664. The van der Waals surface area contributed by atoms with Gasteiger partial charge in [0.1, 0.15) is 0 Å². The number of aryl methyl sites for hydroxylation is 1. The summed E-state index contributed by atoms with van der Waals surface area (Å²) in [6.45, 7) is 3.91. The standard InChI is InChI=1S/C20H33N3O6S/c1-3-15(20(21)27)17-19(26)18(25)16(12-24)23(17)11-5-6-13-7-9-14(10-8-13)30(28,29)22-4-2/h7-10,15-19,22,24-26H,3-6,11-12H2,1-2H3,(H2,21,27). The Morgan fingerprint density at radius 1 is 1.20 bits per heavy atom. The average molecular weight is 444 g/mol. The molecule has 0 aromatic heterocycles. The number of nitrogens with two attached hydrogens (primary N) is 1. The molecule has 1 amide bonds. The number of primary amides is 1. The Kier molecular flexibility index (Phi) is 8.77. The molecule has 1 aliphatic rings. The van der Waals surface area contributed by atoms with Crippen molar-refractivity contribution in [3.63, 3.8) is 0 Å². The van der Waals surface area contributed by atoms with Crippen LogP contribution in [-0.2, 0) is 21.2 Å². The molecular formula is C20H33N3O6S. The molecule has 0 aliphatic carbocycles. The molecule has 0 spiro atoms. The second kappa shape index (κ2) is 10.7. The number of likely N-dealkylation sites (tertiary alicyclic amines) is 1. The monoisotopic (exact) mass is 443 g/mol. The van der Waals surface area contributed by atoms with E-state index in [2.05, 4.69) is 4.72 Å². The molecule has 1 saturated heterocycles. The lowest BCUT2D eigenvalue weighted by Crippen LogP contribution is -2.49. The first-order valence-corrected chi connectivity index (χ1v) is 11.8. The van der Waals surface area contributed by atoms with E-state index < -0.39 is 46.1 Å². The number of nitrogens with zero attached hydrogens (tertiary/aromatic N) is 1. The fourth-order valence-electron chi connectivity index (χ4n) is 4.23. The minimum atomic E-state index is -3.50. The van der Waals surface area contributed by atoms with Crippen LogP contribution in [0.25, 0.3) is 0 Å². The Balaban J connectivity index is 2.07. The number of amides is 1. The molecule has 2 rings (SSSR count). The number of nitrogens with one attached hydrogen (secondary N) is 1. The van der Waals surface area contributed by atoms with Crippen molar-refractivity contribution in [2.24, 2.45) is 11.7 Å². The van der Waals surface area contributed by atoms with E-state index in [-0.39, 0.29) is 11.5 Å².